The third kappa shape index (κ3) is 10.7. The molecule has 0 aliphatic rings. The number of sulfonamides is 1. The van der Waals surface area contributed by atoms with Crippen molar-refractivity contribution >= 4 is 10.0 Å². The van der Waals surface area contributed by atoms with Gasteiger partial charge in [0.1, 0.15) is 0 Å². The molecule has 2 aromatic carbocycles. The predicted molar refractivity (Wildman–Crippen MR) is 157 cm³/mol. The normalized spacial score (nSPS) is 14.5. The minimum Gasteiger partial charge on any atom is -0.493 e. The average molecular weight is 565 g/mol. The lowest BCUT2D eigenvalue weighted by molar-refractivity contribution is 0.0980. The summed E-state index contributed by atoms with van der Waals surface area (Å²) in [6.45, 7) is 9.02. The van der Waals surface area contributed by atoms with E-state index in [4.69, 9.17) is 19.9 Å². The third-order valence-corrected chi connectivity index (χ3v) is 8.96. The number of rotatable bonds is 18. The zero-order chi connectivity index (χ0) is 29.0. The second-order valence-corrected chi connectivity index (χ2v) is 12.7. The number of benzene rings is 2. The van der Waals surface area contributed by atoms with Gasteiger partial charge >= 0.3 is 0 Å². The topological polar surface area (TPSA) is 111 Å². The van der Waals surface area contributed by atoms with Gasteiger partial charge in [0.05, 0.1) is 25.6 Å². The van der Waals surface area contributed by atoms with E-state index in [0.717, 1.165) is 18.4 Å². The largest absolute Gasteiger partial charge is 0.493 e. The van der Waals surface area contributed by atoms with Crippen LogP contribution in [0.4, 0.5) is 0 Å². The van der Waals surface area contributed by atoms with Crippen LogP contribution in [0.25, 0.3) is 0 Å². The molecule has 0 heterocycles. The molecule has 0 aliphatic heterocycles. The summed E-state index contributed by atoms with van der Waals surface area (Å²) < 4.78 is 44.3. The van der Waals surface area contributed by atoms with Gasteiger partial charge in [-0.3, -0.25) is 0 Å². The zero-order valence-corrected chi connectivity index (χ0v) is 25.2. The van der Waals surface area contributed by atoms with Gasteiger partial charge in [0.15, 0.2) is 11.5 Å². The van der Waals surface area contributed by atoms with Crippen molar-refractivity contribution in [1.29, 1.82) is 0 Å². The molecule has 2 aromatic rings. The Morgan fingerprint density at radius 2 is 1.64 bits per heavy atom. The summed E-state index contributed by atoms with van der Waals surface area (Å²) in [5, 5.41) is 11.0. The Bertz CT molecular complexity index is 1080. The molecule has 39 heavy (non-hydrogen) atoms. The molecule has 3 atom stereocenters. The molecule has 0 aromatic heterocycles. The van der Waals surface area contributed by atoms with Gasteiger partial charge in [0, 0.05) is 38.8 Å². The molecule has 3 unspecified atom stereocenters. The first-order valence-corrected chi connectivity index (χ1v) is 15.3. The fraction of sp³-hybridized carbons (Fsp3) is 0.600. The maximum Gasteiger partial charge on any atom is 0.218 e. The van der Waals surface area contributed by atoms with Gasteiger partial charge in [-0.2, -0.15) is 4.31 Å². The van der Waals surface area contributed by atoms with Crippen molar-refractivity contribution in [3.8, 4) is 11.5 Å². The molecule has 2 rings (SSSR count). The molecule has 0 saturated carbocycles. The summed E-state index contributed by atoms with van der Waals surface area (Å²) >= 11 is 0. The summed E-state index contributed by atoms with van der Waals surface area (Å²) in [7, 11) is -0.350. The molecule has 8 nitrogen and oxygen atoms in total. The van der Waals surface area contributed by atoms with Crippen LogP contribution < -0.4 is 15.2 Å². The van der Waals surface area contributed by atoms with Gasteiger partial charge in [-0.25, -0.2) is 8.42 Å². The number of methoxy groups -OCH3 is 2. The van der Waals surface area contributed by atoms with E-state index in [9.17, 15) is 13.5 Å². The molecule has 0 spiro atoms. The Labute approximate surface area is 235 Å². The summed E-state index contributed by atoms with van der Waals surface area (Å²) in [6.07, 6.45) is 1.09. The highest BCUT2D eigenvalue weighted by Gasteiger charge is 2.31. The average Bonchev–Trinajstić information content (AvgIpc) is 2.89. The lowest BCUT2D eigenvalue weighted by Crippen LogP contribution is -2.49. The van der Waals surface area contributed by atoms with Crippen LogP contribution in [0.15, 0.2) is 48.5 Å². The molecule has 220 valence electrons. The Morgan fingerprint density at radius 3 is 2.23 bits per heavy atom. The van der Waals surface area contributed by atoms with Crippen molar-refractivity contribution in [1.82, 2.24) is 4.31 Å². The SMILES string of the molecule is COCCCOc1cc(CC(CC(N)C(O)CN(C(C)C)S(=O)(=O)Cc2ccccc2)C(C)C)ccc1OC. The van der Waals surface area contributed by atoms with E-state index in [-0.39, 0.29) is 24.3 Å². The maximum absolute atomic E-state index is 13.2. The molecule has 0 aliphatic carbocycles. The van der Waals surface area contributed by atoms with E-state index < -0.39 is 22.2 Å². The van der Waals surface area contributed by atoms with Crippen molar-refractivity contribution in [2.45, 2.75) is 70.9 Å². The Hall–Kier alpha value is -2.17. The van der Waals surface area contributed by atoms with Gasteiger partial charge in [-0.15, -0.1) is 0 Å². The summed E-state index contributed by atoms with van der Waals surface area (Å²) in [5.74, 6) is 1.73. The Morgan fingerprint density at radius 1 is 0.949 bits per heavy atom. The van der Waals surface area contributed by atoms with Crippen LogP contribution in [-0.2, 0) is 26.9 Å². The number of nitrogens with zero attached hydrogens (tertiary/aromatic N) is 1. The quantitative estimate of drug-likeness (QED) is 0.261. The molecule has 0 saturated heterocycles. The molecule has 0 radical (unpaired) electrons. The highest BCUT2D eigenvalue weighted by molar-refractivity contribution is 7.88. The lowest BCUT2D eigenvalue weighted by atomic mass is 9.83. The molecular weight excluding hydrogens is 516 g/mol. The van der Waals surface area contributed by atoms with Gasteiger partial charge in [0.2, 0.25) is 10.0 Å². The second kappa shape index (κ2) is 16.2. The summed E-state index contributed by atoms with van der Waals surface area (Å²) in [6, 6.07) is 14.1. The first-order valence-electron chi connectivity index (χ1n) is 13.7. The number of aliphatic hydroxyl groups is 1. The molecular formula is C30H48N2O6S. The highest BCUT2D eigenvalue weighted by Crippen LogP contribution is 2.31. The zero-order valence-electron chi connectivity index (χ0n) is 24.4. The van der Waals surface area contributed by atoms with E-state index in [2.05, 4.69) is 13.8 Å². The van der Waals surface area contributed by atoms with Crippen LogP contribution in [0, 0.1) is 11.8 Å². The first-order chi connectivity index (χ1) is 18.5. The van der Waals surface area contributed by atoms with Crippen LogP contribution in [0.5, 0.6) is 11.5 Å². The van der Waals surface area contributed by atoms with Crippen LogP contribution in [0.1, 0.15) is 51.7 Å². The number of hydrogen-bond donors (Lipinski definition) is 2. The monoisotopic (exact) mass is 564 g/mol. The van der Waals surface area contributed by atoms with Gasteiger partial charge in [-0.05, 0) is 61.8 Å². The first kappa shape index (κ1) is 33.0. The summed E-state index contributed by atoms with van der Waals surface area (Å²) in [5.41, 5.74) is 8.30. The van der Waals surface area contributed by atoms with Crippen molar-refractivity contribution in [3.05, 3.63) is 59.7 Å². The third-order valence-electron chi connectivity index (χ3n) is 6.98. The van der Waals surface area contributed by atoms with Crippen molar-refractivity contribution in [2.75, 3.05) is 34.0 Å². The number of aliphatic hydroxyl groups excluding tert-OH is 1. The van der Waals surface area contributed by atoms with Gasteiger partial charge in [-0.1, -0.05) is 50.2 Å². The van der Waals surface area contributed by atoms with Crippen molar-refractivity contribution in [2.24, 2.45) is 17.6 Å². The predicted octanol–water partition coefficient (Wildman–Crippen LogP) is 4.24. The number of nitrogens with two attached hydrogens (primary N) is 1. The minimum absolute atomic E-state index is 0.0409. The van der Waals surface area contributed by atoms with Gasteiger partial charge < -0.3 is 25.1 Å². The minimum atomic E-state index is -3.64. The van der Waals surface area contributed by atoms with Crippen LogP contribution in [-0.4, -0.2) is 70.0 Å². The van der Waals surface area contributed by atoms with Crippen molar-refractivity contribution < 1.29 is 27.7 Å². The van der Waals surface area contributed by atoms with Crippen LogP contribution in [0.3, 0.4) is 0 Å². The van der Waals surface area contributed by atoms with Crippen LogP contribution in [0.2, 0.25) is 0 Å². The fourth-order valence-corrected chi connectivity index (χ4v) is 6.38. The van der Waals surface area contributed by atoms with Crippen molar-refractivity contribution in [3.63, 3.8) is 0 Å². The smallest absolute Gasteiger partial charge is 0.218 e. The number of ether oxygens (including phenoxy) is 3. The van der Waals surface area contributed by atoms with E-state index in [1.54, 1.807) is 26.4 Å². The van der Waals surface area contributed by atoms with E-state index in [1.165, 1.54) is 4.31 Å². The molecule has 9 heteroatoms. The molecule has 0 fully saturated rings. The second-order valence-electron chi connectivity index (χ2n) is 10.8. The maximum atomic E-state index is 13.2. The lowest BCUT2D eigenvalue weighted by Gasteiger charge is -2.32. The Kier molecular flexibility index (Phi) is 13.7. The highest BCUT2D eigenvalue weighted by atomic mass is 32.2. The summed E-state index contributed by atoms with van der Waals surface area (Å²) in [4.78, 5) is 0. The number of hydrogen-bond acceptors (Lipinski definition) is 7. The fourth-order valence-electron chi connectivity index (χ4n) is 4.58. The Balaban J connectivity index is 2.09. The standard InChI is InChI=1S/C30H48N2O6S/c1-22(2)26(17-25-13-14-29(37-6)30(18-25)38-16-10-15-36-5)19-27(31)28(33)20-32(23(3)4)39(34,35)21-24-11-8-7-9-12-24/h7-9,11-14,18,22-23,26-28,33H,10,15-17,19-21,31H2,1-6H3. The van der Waals surface area contributed by atoms with Crippen LogP contribution >= 0.6 is 0 Å². The van der Waals surface area contributed by atoms with Gasteiger partial charge in [0.25, 0.3) is 0 Å². The van der Waals surface area contributed by atoms with E-state index in [1.807, 2.05) is 50.2 Å². The molecule has 3 N–H and O–H groups in total. The van der Waals surface area contributed by atoms with E-state index >= 15 is 0 Å². The molecule has 0 amide bonds. The molecule has 0 bridgehead atoms. The van der Waals surface area contributed by atoms with E-state index in [0.29, 0.717) is 42.6 Å².